The number of nitrogens with one attached hydrogen (secondary N) is 1. The summed E-state index contributed by atoms with van der Waals surface area (Å²) in [5.41, 5.74) is 0. The van der Waals surface area contributed by atoms with E-state index in [2.05, 4.69) is 4.72 Å². The average Bonchev–Trinajstić information content (AvgIpc) is 2.85. The van der Waals surface area contributed by atoms with Crippen LogP contribution in [0.25, 0.3) is 0 Å². The molecule has 0 aromatic rings. The Morgan fingerprint density at radius 1 is 1.50 bits per heavy atom. The minimum atomic E-state index is -3.31. The Balaban J connectivity index is 2.23. The molecular weight excluding hydrogens is 230 g/mol. The second kappa shape index (κ2) is 5.63. The molecule has 0 aromatic carbocycles. The maximum absolute atomic E-state index is 11.5. The number of hydrogen-bond acceptors (Lipinski definition) is 3. The summed E-state index contributed by atoms with van der Waals surface area (Å²) >= 11 is 0. The van der Waals surface area contributed by atoms with Gasteiger partial charge in [0, 0.05) is 12.5 Å². The van der Waals surface area contributed by atoms with Crippen molar-refractivity contribution in [3.8, 4) is 0 Å². The molecule has 0 aliphatic heterocycles. The summed E-state index contributed by atoms with van der Waals surface area (Å²) in [7, 11) is -3.31. The van der Waals surface area contributed by atoms with Crippen molar-refractivity contribution in [2.75, 3.05) is 5.75 Å². The van der Waals surface area contributed by atoms with Crippen LogP contribution in [0.5, 0.6) is 0 Å². The molecule has 6 heteroatoms. The predicted octanol–water partition coefficient (Wildman–Crippen LogP) is 0.959. The lowest BCUT2D eigenvalue weighted by atomic mass is 10.2. The van der Waals surface area contributed by atoms with E-state index in [4.69, 9.17) is 5.11 Å². The topological polar surface area (TPSA) is 83.5 Å². The van der Waals surface area contributed by atoms with Gasteiger partial charge in [-0.1, -0.05) is 12.8 Å². The zero-order valence-electron chi connectivity index (χ0n) is 9.48. The highest BCUT2D eigenvalue weighted by Crippen LogP contribution is 2.33. The fourth-order valence-electron chi connectivity index (χ4n) is 1.68. The first-order chi connectivity index (χ1) is 7.39. The summed E-state index contributed by atoms with van der Waals surface area (Å²) < 4.78 is 25.6. The van der Waals surface area contributed by atoms with E-state index >= 15 is 0 Å². The Morgan fingerprint density at radius 2 is 2.12 bits per heavy atom. The summed E-state index contributed by atoms with van der Waals surface area (Å²) in [6, 6.07) is -0.0395. The highest BCUT2D eigenvalue weighted by atomic mass is 32.2. The van der Waals surface area contributed by atoms with Gasteiger partial charge in [0.1, 0.15) is 0 Å². The van der Waals surface area contributed by atoms with Gasteiger partial charge in [-0.3, -0.25) is 4.79 Å². The first kappa shape index (κ1) is 13.4. The van der Waals surface area contributed by atoms with E-state index in [1.807, 2.05) is 6.92 Å². The first-order valence-corrected chi connectivity index (χ1v) is 7.26. The van der Waals surface area contributed by atoms with Gasteiger partial charge in [-0.2, -0.15) is 0 Å². The van der Waals surface area contributed by atoms with Crippen LogP contribution in [-0.2, 0) is 14.8 Å². The quantitative estimate of drug-likeness (QED) is 0.671. The second-order valence-electron chi connectivity index (χ2n) is 4.51. The van der Waals surface area contributed by atoms with Gasteiger partial charge in [0.25, 0.3) is 0 Å². The molecule has 5 nitrogen and oxygen atoms in total. The molecule has 0 amide bonds. The van der Waals surface area contributed by atoms with Crippen LogP contribution in [0.4, 0.5) is 0 Å². The third kappa shape index (κ3) is 6.07. The van der Waals surface area contributed by atoms with Crippen LogP contribution in [-0.4, -0.2) is 31.3 Å². The highest BCUT2D eigenvalue weighted by Gasteiger charge is 2.25. The third-order valence-corrected chi connectivity index (χ3v) is 4.16. The van der Waals surface area contributed by atoms with Crippen LogP contribution < -0.4 is 4.72 Å². The minimum absolute atomic E-state index is 0.0395. The maximum atomic E-state index is 11.5. The molecule has 1 atom stereocenters. The lowest BCUT2D eigenvalue weighted by Crippen LogP contribution is -2.34. The van der Waals surface area contributed by atoms with Gasteiger partial charge in [-0.15, -0.1) is 0 Å². The molecule has 2 N–H and O–H groups in total. The van der Waals surface area contributed by atoms with E-state index in [0.717, 1.165) is 6.42 Å². The van der Waals surface area contributed by atoms with E-state index in [-0.39, 0.29) is 24.6 Å². The summed E-state index contributed by atoms with van der Waals surface area (Å²) in [6.07, 6.45) is 3.35. The molecule has 1 rings (SSSR count). The molecule has 1 saturated carbocycles. The van der Waals surface area contributed by atoms with Crippen molar-refractivity contribution in [1.29, 1.82) is 0 Å². The van der Waals surface area contributed by atoms with Gasteiger partial charge in [-0.25, -0.2) is 13.1 Å². The molecule has 0 aromatic heterocycles. The van der Waals surface area contributed by atoms with E-state index in [9.17, 15) is 13.2 Å². The predicted molar refractivity (Wildman–Crippen MR) is 60.6 cm³/mol. The molecule has 0 spiro atoms. The van der Waals surface area contributed by atoms with Crippen molar-refractivity contribution in [1.82, 2.24) is 4.72 Å². The third-order valence-electron chi connectivity index (χ3n) is 2.57. The molecule has 1 fully saturated rings. The molecule has 1 unspecified atom stereocenters. The zero-order chi connectivity index (χ0) is 12.2. The van der Waals surface area contributed by atoms with Crippen molar-refractivity contribution in [2.24, 2.45) is 5.92 Å². The van der Waals surface area contributed by atoms with Gasteiger partial charge in [0.2, 0.25) is 10.0 Å². The molecule has 94 valence electrons. The number of carboxylic acid groups (broad SMARTS) is 1. The number of carboxylic acids is 1. The van der Waals surface area contributed by atoms with E-state index in [1.165, 1.54) is 12.8 Å². The van der Waals surface area contributed by atoms with E-state index < -0.39 is 16.0 Å². The van der Waals surface area contributed by atoms with Crippen molar-refractivity contribution >= 4 is 16.0 Å². The minimum Gasteiger partial charge on any atom is -0.481 e. The number of rotatable bonds is 8. The van der Waals surface area contributed by atoms with Crippen LogP contribution >= 0.6 is 0 Å². The summed E-state index contributed by atoms with van der Waals surface area (Å²) in [5, 5.41) is 8.40. The Kier molecular flexibility index (Phi) is 4.73. The number of hydrogen-bond donors (Lipinski definition) is 2. The van der Waals surface area contributed by atoms with Crippen LogP contribution in [0, 0.1) is 5.92 Å². The van der Waals surface area contributed by atoms with Crippen molar-refractivity contribution in [3.63, 3.8) is 0 Å². The molecular formula is C10H19NO4S. The fraction of sp³-hybridized carbons (Fsp3) is 0.900. The Bertz CT molecular complexity index is 335. The van der Waals surface area contributed by atoms with Gasteiger partial charge in [0.05, 0.1) is 5.75 Å². The van der Waals surface area contributed by atoms with E-state index in [0.29, 0.717) is 5.92 Å². The molecule has 1 aliphatic rings. The van der Waals surface area contributed by atoms with Crippen molar-refractivity contribution in [3.05, 3.63) is 0 Å². The molecule has 0 radical (unpaired) electrons. The summed E-state index contributed by atoms with van der Waals surface area (Å²) in [5.74, 6) is -0.383. The maximum Gasteiger partial charge on any atom is 0.303 e. The second-order valence-corrected chi connectivity index (χ2v) is 6.39. The molecule has 1 aliphatic carbocycles. The van der Waals surface area contributed by atoms with Crippen LogP contribution in [0.15, 0.2) is 0 Å². The zero-order valence-corrected chi connectivity index (χ0v) is 10.3. The van der Waals surface area contributed by atoms with Crippen LogP contribution in [0.1, 0.15) is 39.0 Å². The number of carbonyl (C=O) groups is 1. The van der Waals surface area contributed by atoms with Crippen LogP contribution in [0.3, 0.4) is 0 Å². The SMILES string of the molecule is CC(CC1CC1)NS(=O)(=O)CCCC(=O)O. The standard InChI is InChI=1S/C10H19NO4S/c1-8(7-9-4-5-9)11-16(14,15)6-2-3-10(12)13/h8-9,11H,2-7H2,1H3,(H,12,13). The number of sulfonamides is 1. The average molecular weight is 249 g/mol. The molecule has 0 heterocycles. The Hall–Kier alpha value is -0.620. The fourth-order valence-corrected chi connectivity index (χ4v) is 3.03. The van der Waals surface area contributed by atoms with Gasteiger partial charge >= 0.3 is 5.97 Å². The summed E-state index contributed by atoms with van der Waals surface area (Å²) in [6.45, 7) is 1.85. The van der Waals surface area contributed by atoms with Crippen molar-refractivity contribution < 1.29 is 18.3 Å². The Morgan fingerprint density at radius 3 is 2.62 bits per heavy atom. The van der Waals surface area contributed by atoms with Gasteiger partial charge in [-0.05, 0) is 25.7 Å². The lowest BCUT2D eigenvalue weighted by molar-refractivity contribution is -0.137. The number of aliphatic carboxylic acids is 1. The molecule has 0 bridgehead atoms. The Labute approximate surface area is 96.3 Å². The summed E-state index contributed by atoms with van der Waals surface area (Å²) in [4.78, 5) is 10.2. The molecule has 16 heavy (non-hydrogen) atoms. The van der Waals surface area contributed by atoms with Gasteiger partial charge < -0.3 is 5.11 Å². The monoisotopic (exact) mass is 249 g/mol. The van der Waals surface area contributed by atoms with Crippen LogP contribution in [0.2, 0.25) is 0 Å². The van der Waals surface area contributed by atoms with Crippen molar-refractivity contribution in [2.45, 2.75) is 45.1 Å². The normalized spacial score (nSPS) is 18.3. The first-order valence-electron chi connectivity index (χ1n) is 5.61. The molecule has 0 saturated heterocycles. The van der Waals surface area contributed by atoms with Gasteiger partial charge in [0.15, 0.2) is 0 Å². The highest BCUT2D eigenvalue weighted by molar-refractivity contribution is 7.89. The smallest absolute Gasteiger partial charge is 0.303 e. The largest absolute Gasteiger partial charge is 0.481 e. The lowest BCUT2D eigenvalue weighted by Gasteiger charge is -2.13. The van der Waals surface area contributed by atoms with E-state index in [1.54, 1.807) is 0 Å².